The van der Waals surface area contributed by atoms with Gasteiger partial charge in [-0.2, -0.15) is 5.26 Å². The van der Waals surface area contributed by atoms with Crippen LogP contribution in [-0.4, -0.2) is 5.54 Å². The molecule has 1 aromatic rings. The maximum absolute atomic E-state index is 13.7. The number of halogens is 1. The molecule has 86 valence electrons. The zero-order valence-electron chi connectivity index (χ0n) is 9.97. The first kappa shape index (κ1) is 12.7. The first-order chi connectivity index (χ1) is 7.50. The molecule has 0 heterocycles. The normalized spacial score (nSPS) is 11.2. The van der Waals surface area contributed by atoms with Crippen LogP contribution < -0.4 is 5.32 Å². The van der Waals surface area contributed by atoms with Gasteiger partial charge >= 0.3 is 0 Å². The van der Waals surface area contributed by atoms with Gasteiger partial charge in [0.15, 0.2) is 0 Å². The summed E-state index contributed by atoms with van der Waals surface area (Å²) in [5.74, 6) is -0.413. The Morgan fingerprint density at radius 2 is 2.12 bits per heavy atom. The van der Waals surface area contributed by atoms with E-state index in [0.29, 0.717) is 12.1 Å². The van der Waals surface area contributed by atoms with Gasteiger partial charge in [0, 0.05) is 17.6 Å². The predicted molar refractivity (Wildman–Crippen MR) is 62.3 cm³/mol. The van der Waals surface area contributed by atoms with Gasteiger partial charge in [0.25, 0.3) is 0 Å². The van der Waals surface area contributed by atoms with Crippen LogP contribution in [0.1, 0.15) is 38.3 Å². The summed E-state index contributed by atoms with van der Waals surface area (Å²) < 4.78 is 13.7. The molecule has 0 aliphatic rings. The van der Waals surface area contributed by atoms with Gasteiger partial charge in [0.05, 0.1) is 5.56 Å². The summed E-state index contributed by atoms with van der Waals surface area (Å²) in [5, 5.41) is 12.0. The van der Waals surface area contributed by atoms with E-state index in [1.807, 2.05) is 6.07 Å². The van der Waals surface area contributed by atoms with E-state index in [4.69, 9.17) is 5.26 Å². The molecule has 0 saturated heterocycles. The molecule has 0 fully saturated rings. The van der Waals surface area contributed by atoms with E-state index < -0.39 is 5.82 Å². The maximum atomic E-state index is 13.7. The molecule has 1 N–H and O–H groups in total. The van der Waals surface area contributed by atoms with Crippen molar-refractivity contribution in [2.24, 2.45) is 0 Å². The van der Waals surface area contributed by atoms with E-state index >= 15 is 0 Å². The van der Waals surface area contributed by atoms with Crippen LogP contribution in [0.2, 0.25) is 0 Å². The van der Waals surface area contributed by atoms with Crippen LogP contribution in [0.5, 0.6) is 0 Å². The topological polar surface area (TPSA) is 35.8 Å². The molecule has 1 rings (SSSR count). The van der Waals surface area contributed by atoms with Gasteiger partial charge in [-0.15, -0.1) is 0 Å². The van der Waals surface area contributed by atoms with E-state index in [1.165, 1.54) is 6.07 Å². The van der Waals surface area contributed by atoms with Crippen molar-refractivity contribution in [3.8, 4) is 6.07 Å². The molecule has 3 heteroatoms. The average Bonchev–Trinajstić information content (AvgIpc) is 2.28. The molecule has 0 aromatic heterocycles. The fourth-order valence-electron chi connectivity index (χ4n) is 1.26. The standard InChI is InChI=1S/C13H17FN2/c1-4-13(2,3)16-9-11-7-5-6-10(8-15)12(11)14/h5-7,16H,4,9H2,1-3H3. The number of nitrogens with zero attached hydrogens (tertiary/aromatic N) is 1. The van der Waals surface area contributed by atoms with Gasteiger partial charge in [-0.05, 0) is 26.3 Å². The number of nitriles is 1. The van der Waals surface area contributed by atoms with Crippen LogP contribution in [0, 0.1) is 17.1 Å². The summed E-state index contributed by atoms with van der Waals surface area (Å²) in [4.78, 5) is 0. The lowest BCUT2D eigenvalue weighted by Gasteiger charge is -2.24. The largest absolute Gasteiger partial charge is 0.308 e. The van der Waals surface area contributed by atoms with Crippen molar-refractivity contribution in [3.63, 3.8) is 0 Å². The number of nitrogens with one attached hydrogen (secondary N) is 1. The lowest BCUT2D eigenvalue weighted by atomic mass is 10.0. The van der Waals surface area contributed by atoms with Crippen molar-refractivity contribution in [2.75, 3.05) is 0 Å². The quantitative estimate of drug-likeness (QED) is 0.846. The van der Waals surface area contributed by atoms with Gasteiger partial charge in [-0.25, -0.2) is 4.39 Å². The fraction of sp³-hybridized carbons (Fsp3) is 0.462. The van der Waals surface area contributed by atoms with Crippen LogP contribution in [0.4, 0.5) is 4.39 Å². The Hall–Kier alpha value is -1.40. The second kappa shape index (κ2) is 5.09. The van der Waals surface area contributed by atoms with Crippen LogP contribution in [0.15, 0.2) is 18.2 Å². The van der Waals surface area contributed by atoms with Crippen LogP contribution >= 0.6 is 0 Å². The van der Waals surface area contributed by atoms with Crippen LogP contribution in [0.25, 0.3) is 0 Å². The highest BCUT2D eigenvalue weighted by Gasteiger charge is 2.15. The van der Waals surface area contributed by atoms with Gasteiger partial charge in [-0.3, -0.25) is 0 Å². The highest BCUT2D eigenvalue weighted by Crippen LogP contribution is 2.14. The Kier molecular flexibility index (Phi) is 4.03. The predicted octanol–water partition coefficient (Wildman–Crippen LogP) is 2.98. The molecule has 0 aliphatic heterocycles. The lowest BCUT2D eigenvalue weighted by molar-refractivity contribution is 0.371. The molecule has 1 aromatic carbocycles. The number of hydrogen-bond acceptors (Lipinski definition) is 2. The fourth-order valence-corrected chi connectivity index (χ4v) is 1.26. The Morgan fingerprint density at radius 1 is 1.44 bits per heavy atom. The van der Waals surface area contributed by atoms with E-state index in [-0.39, 0.29) is 11.1 Å². The lowest BCUT2D eigenvalue weighted by Crippen LogP contribution is -2.38. The second-order valence-electron chi connectivity index (χ2n) is 4.48. The van der Waals surface area contributed by atoms with Gasteiger partial charge < -0.3 is 5.32 Å². The third-order valence-corrected chi connectivity index (χ3v) is 2.84. The first-order valence-electron chi connectivity index (χ1n) is 5.42. The van der Waals surface area contributed by atoms with Gasteiger partial charge in [0.1, 0.15) is 11.9 Å². The van der Waals surface area contributed by atoms with Crippen molar-refractivity contribution in [3.05, 3.63) is 35.1 Å². The van der Waals surface area contributed by atoms with E-state index in [2.05, 4.69) is 26.1 Å². The molecule has 0 unspecified atom stereocenters. The SMILES string of the molecule is CCC(C)(C)NCc1cccc(C#N)c1F. The third-order valence-electron chi connectivity index (χ3n) is 2.84. The minimum Gasteiger partial charge on any atom is -0.308 e. The molecule has 0 atom stereocenters. The molecule has 0 radical (unpaired) electrons. The van der Waals surface area contributed by atoms with Crippen molar-refractivity contribution in [2.45, 2.75) is 39.3 Å². The Bertz CT molecular complexity index is 405. The molecule has 16 heavy (non-hydrogen) atoms. The average molecular weight is 220 g/mol. The van der Waals surface area contributed by atoms with Crippen molar-refractivity contribution in [1.29, 1.82) is 5.26 Å². The maximum Gasteiger partial charge on any atom is 0.145 e. The molecule has 2 nitrogen and oxygen atoms in total. The molecular weight excluding hydrogens is 203 g/mol. The minimum absolute atomic E-state index is 0.0188. The van der Waals surface area contributed by atoms with Crippen molar-refractivity contribution < 1.29 is 4.39 Å². The summed E-state index contributed by atoms with van der Waals surface area (Å²) in [5.41, 5.74) is 0.629. The Balaban J connectivity index is 2.80. The number of rotatable bonds is 4. The van der Waals surface area contributed by atoms with E-state index in [0.717, 1.165) is 6.42 Å². The molecule has 0 amide bonds. The number of hydrogen-bond donors (Lipinski definition) is 1. The number of benzene rings is 1. The first-order valence-corrected chi connectivity index (χ1v) is 5.42. The van der Waals surface area contributed by atoms with Crippen LogP contribution in [0.3, 0.4) is 0 Å². The van der Waals surface area contributed by atoms with E-state index in [9.17, 15) is 4.39 Å². The monoisotopic (exact) mass is 220 g/mol. The molecular formula is C13H17FN2. The summed E-state index contributed by atoms with van der Waals surface area (Å²) in [6.07, 6.45) is 0.965. The summed E-state index contributed by atoms with van der Waals surface area (Å²) in [6.45, 7) is 6.66. The highest BCUT2D eigenvalue weighted by molar-refractivity contribution is 5.34. The summed E-state index contributed by atoms with van der Waals surface area (Å²) >= 11 is 0. The molecule has 0 bridgehead atoms. The highest BCUT2D eigenvalue weighted by atomic mass is 19.1. The Labute approximate surface area is 96.1 Å². The van der Waals surface area contributed by atoms with Gasteiger partial charge in [-0.1, -0.05) is 19.1 Å². The molecule has 0 saturated carbocycles. The van der Waals surface area contributed by atoms with Gasteiger partial charge in [0.2, 0.25) is 0 Å². The van der Waals surface area contributed by atoms with Crippen molar-refractivity contribution in [1.82, 2.24) is 5.32 Å². The zero-order chi connectivity index (χ0) is 12.2. The third kappa shape index (κ3) is 3.04. The smallest absolute Gasteiger partial charge is 0.145 e. The minimum atomic E-state index is -0.413. The molecule has 0 aliphatic carbocycles. The summed E-state index contributed by atoms with van der Waals surface area (Å²) in [7, 11) is 0. The van der Waals surface area contributed by atoms with E-state index in [1.54, 1.807) is 12.1 Å². The molecule has 0 spiro atoms. The Morgan fingerprint density at radius 3 is 2.69 bits per heavy atom. The summed E-state index contributed by atoms with van der Waals surface area (Å²) in [6, 6.07) is 6.74. The van der Waals surface area contributed by atoms with Crippen molar-refractivity contribution >= 4 is 0 Å². The second-order valence-corrected chi connectivity index (χ2v) is 4.48. The zero-order valence-corrected chi connectivity index (χ0v) is 9.97. The van der Waals surface area contributed by atoms with Crippen LogP contribution in [-0.2, 0) is 6.54 Å².